The third-order valence-corrected chi connectivity index (χ3v) is 4.90. The van der Waals surface area contributed by atoms with Crippen molar-refractivity contribution in [3.8, 4) is 0 Å². The summed E-state index contributed by atoms with van der Waals surface area (Å²) in [6.07, 6.45) is -5.65. The molecule has 0 radical (unpaired) electrons. The number of nitrogens with one attached hydrogen (secondary N) is 1. The molecule has 12 heteroatoms. The second kappa shape index (κ2) is 11.9. The molecular weight excluding hydrogens is 451 g/mol. The van der Waals surface area contributed by atoms with E-state index in [9.17, 15) is 31.5 Å². The molecule has 1 aromatic rings. The summed E-state index contributed by atoms with van der Waals surface area (Å²) >= 11 is 0. The Morgan fingerprint density at radius 2 is 1.82 bits per heavy atom. The molecule has 1 amide bonds. The number of hydrogen-bond donors (Lipinski definition) is 1. The number of aromatic nitrogens is 2. The van der Waals surface area contributed by atoms with Crippen LogP contribution in [0.4, 0.5) is 27.8 Å². The van der Waals surface area contributed by atoms with E-state index in [1.165, 1.54) is 4.90 Å². The van der Waals surface area contributed by atoms with Gasteiger partial charge in [-0.15, -0.1) is 10.2 Å². The standard InChI is InChI=1S/C19H23F5N4O3.C2H6/c1-11(17(30)31-3)5-8-25-16(29)13-12(2)14(19(22,23)24)26-27-15(13)28-9-4-6-18(20,21)7-10-28;1-2/h1,4-10H2,2-3H3,(H,25,29);1-2H3. The first-order valence-corrected chi connectivity index (χ1v) is 10.5. The van der Waals surface area contributed by atoms with E-state index in [1.54, 1.807) is 0 Å². The second-order valence-electron chi connectivity index (χ2n) is 7.17. The van der Waals surface area contributed by atoms with E-state index in [0.717, 1.165) is 14.0 Å². The van der Waals surface area contributed by atoms with Crippen molar-refractivity contribution in [3.63, 3.8) is 0 Å². The van der Waals surface area contributed by atoms with E-state index in [4.69, 9.17) is 0 Å². The summed E-state index contributed by atoms with van der Waals surface area (Å²) in [4.78, 5) is 25.5. The molecule has 0 bridgehead atoms. The number of halogens is 5. The average molecular weight is 480 g/mol. The highest BCUT2D eigenvalue weighted by atomic mass is 19.4. The van der Waals surface area contributed by atoms with Crippen molar-refractivity contribution in [2.45, 2.75) is 58.6 Å². The minimum Gasteiger partial charge on any atom is -0.466 e. The van der Waals surface area contributed by atoms with Crippen LogP contribution in [0.15, 0.2) is 12.2 Å². The summed E-state index contributed by atoms with van der Waals surface area (Å²) in [6.45, 7) is 8.38. The zero-order valence-electron chi connectivity index (χ0n) is 19.1. The van der Waals surface area contributed by atoms with Gasteiger partial charge in [-0.1, -0.05) is 20.4 Å². The maximum Gasteiger partial charge on any atom is 0.435 e. The van der Waals surface area contributed by atoms with Crippen LogP contribution >= 0.6 is 0 Å². The third-order valence-electron chi connectivity index (χ3n) is 4.90. The van der Waals surface area contributed by atoms with Gasteiger partial charge in [-0.25, -0.2) is 13.6 Å². The fourth-order valence-electron chi connectivity index (χ4n) is 3.21. The number of carbonyl (C=O) groups is 2. The highest BCUT2D eigenvalue weighted by molar-refractivity contribution is 6.00. The molecule has 33 heavy (non-hydrogen) atoms. The fraction of sp³-hybridized carbons (Fsp3) is 0.619. The van der Waals surface area contributed by atoms with Crippen molar-refractivity contribution < 1.29 is 36.3 Å². The van der Waals surface area contributed by atoms with Gasteiger partial charge < -0.3 is 15.0 Å². The van der Waals surface area contributed by atoms with Crippen molar-refractivity contribution in [1.29, 1.82) is 0 Å². The molecule has 0 saturated carbocycles. The molecule has 186 valence electrons. The third kappa shape index (κ3) is 7.64. The topological polar surface area (TPSA) is 84.4 Å². The lowest BCUT2D eigenvalue weighted by molar-refractivity contribution is -0.142. The van der Waals surface area contributed by atoms with Crippen LogP contribution in [0.2, 0.25) is 0 Å². The maximum atomic E-state index is 13.7. The monoisotopic (exact) mass is 480 g/mol. The predicted molar refractivity (Wildman–Crippen MR) is 112 cm³/mol. The molecule has 1 saturated heterocycles. The number of anilines is 1. The van der Waals surface area contributed by atoms with Gasteiger partial charge in [0.2, 0.25) is 5.92 Å². The number of rotatable bonds is 6. The van der Waals surface area contributed by atoms with Crippen LogP contribution in [0, 0.1) is 6.92 Å². The summed E-state index contributed by atoms with van der Waals surface area (Å²) < 4.78 is 71.8. The molecule has 0 atom stereocenters. The zero-order chi connectivity index (χ0) is 25.4. The molecule has 0 aromatic carbocycles. The van der Waals surface area contributed by atoms with Crippen molar-refractivity contribution in [1.82, 2.24) is 15.5 Å². The van der Waals surface area contributed by atoms with Crippen molar-refractivity contribution in [2.24, 2.45) is 0 Å². The van der Waals surface area contributed by atoms with Crippen LogP contribution in [0.5, 0.6) is 0 Å². The number of carbonyl (C=O) groups excluding carboxylic acids is 2. The van der Waals surface area contributed by atoms with Crippen LogP contribution in [0.3, 0.4) is 0 Å². The van der Waals surface area contributed by atoms with E-state index in [2.05, 4.69) is 26.8 Å². The largest absolute Gasteiger partial charge is 0.466 e. The van der Waals surface area contributed by atoms with Gasteiger partial charge in [0.25, 0.3) is 5.91 Å². The Labute approximate surface area is 189 Å². The molecule has 1 aromatic heterocycles. The number of nitrogens with zero attached hydrogens (tertiary/aromatic N) is 3. The van der Waals surface area contributed by atoms with E-state index < -0.39 is 47.2 Å². The number of esters is 1. The molecule has 2 heterocycles. The summed E-state index contributed by atoms with van der Waals surface area (Å²) in [5, 5.41) is 9.22. The molecule has 1 aliphatic heterocycles. The van der Waals surface area contributed by atoms with Gasteiger partial charge in [0.15, 0.2) is 11.5 Å². The quantitative estimate of drug-likeness (QED) is 0.371. The smallest absolute Gasteiger partial charge is 0.435 e. The molecule has 1 N–H and O–H groups in total. The molecule has 0 spiro atoms. The van der Waals surface area contributed by atoms with Crippen LogP contribution in [-0.2, 0) is 15.7 Å². The van der Waals surface area contributed by atoms with Crippen LogP contribution in [-0.4, -0.2) is 54.7 Å². The summed E-state index contributed by atoms with van der Waals surface area (Å²) in [6, 6.07) is 0. The lowest BCUT2D eigenvalue weighted by Gasteiger charge is -2.25. The maximum absolute atomic E-state index is 13.7. The summed E-state index contributed by atoms with van der Waals surface area (Å²) in [5.41, 5.74) is -2.12. The van der Waals surface area contributed by atoms with Gasteiger partial charge in [0.05, 0.1) is 12.7 Å². The first kappa shape index (κ1) is 28.2. The minimum atomic E-state index is -4.85. The Bertz CT molecular complexity index is 859. The van der Waals surface area contributed by atoms with E-state index in [0.29, 0.717) is 0 Å². The Hall–Kier alpha value is -2.79. The van der Waals surface area contributed by atoms with Crippen molar-refractivity contribution in [3.05, 3.63) is 29.0 Å². The second-order valence-corrected chi connectivity index (χ2v) is 7.17. The van der Waals surface area contributed by atoms with E-state index >= 15 is 0 Å². The number of methoxy groups -OCH3 is 1. The SMILES string of the molecule is C=C(CCNC(=O)c1c(N2CCCC(F)(F)CC2)nnc(C(F)(F)F)c1C)C(=O)OC.CC. The predicted octanol–water partition coefficient (Wildman–Crippen LogP) is 4.30. The summed E-state index contributed by atoms with van der Waals surface area (Å²) in [5.74, 6) is -4.66. The van der Waals surface area contributed by atoms with E-state index in [-0.39, 0.29) is 50.3 Å². The molecule has 1 aliphatic rings. The van der Waals surface area contributed by atoms with E-state index in [1.807, 2.05) is 13.8 Å². The van der Waals surface area contributed by atoms with Gasteiger partial charge in [0, 0.05) is 38.0 Å². The molecule has 7 nitrogen and oxygen atoms in total. The number of alkyl halides is 5. The Balaban J connectivity index is 0.00000265. The molecular formula is C21H29F5N4O3. The van der Waals surface area contributed by atoms with Crippen LogP contribution in [0.1, 0.15) is 61.1 Å². The molecule has 2 rings (SSSR count). The van der Waals surface area contributed by atoms with Crippen molar-refractivity contribution in [2.75, 3.05) is 31.6 Å². The first-order valence-electron chi connectivity index (χ1n) is 10.5. The highest BCUT2D eigenvalue weighted by Gasteiger charge is 2.39. The zero-order valence-corrected chi connectivity index (χ0v) is 19.1. The van der Waals surface area contributed by atoms with Gasteiger partial charge in [-0.05, 0) is 25.3 Å². The first-order chi connectivity index (χ1) is 15.4. The Morgan fingerprint density at radius 3 is 2.39 bits per heavy atom. The van der Waals surface area contributed by atoms with Gasteiger partial charge in [0.1, 0.15) is 0 Å². The Morgan fingerprint density at radius 1 is 1.18 bits per heavy atom. The molecule has 1 fully saturated rings. The van der Waals surface area contributed by atoms with Gasteiger partial charge in [-0.2, -0.15) is 13.2 Å². The Kier molecular flexibility index (Phi) is 10.2. The molecule has 0 unspecified atom stereocenters. The number of hydrogen-bond acceptors (Lipinski definition) is 6. The lowest BCUT2D eigenvalue weighted by atomic mass is 10.1. The number of amides is 1. The number of ether oxygens (including phenoxy) is 1. The minimum absolute atomic E-state index is 0.00731. The van der Waals surface area contributed by atoms with Crippen LogP contribution in [0.25, 0.3) is 0 Å². The van der Waals surface area contributed by atoms with Gasteiger partial charge >= 0.3 is 12.1 Å². The average Bonchev–Trinajstić information content (AvgIpc) is 2.93. The van der Waals surface area contributed by atoms with Crippen molar-refractivity contribution >= 4 is 17.7 Å². The molecule has 0 aliphatic carbocycles. The fourth-order valence-corrected chi connectivity index (χ4v) is 3.21. The highest BCUT2D eigenvalue weighted by Crippen LogP contribution is 2.35. The van der Waals surface area contributed by atoms with Gasteiger partial charge in [-0.3, -0.25) is 4.79 Å². The lowest BCUT2D eigenvalue weighted by Crippen LogP contribution is -2.34. The normalized spacial score (nSPS) is 15.6. The van der Waals surface area contributed by atoms with Crippen LogP contribution < -0.4 is 10.2 Å². The summed E-state index contributed by atoms with van der Waals surface area (Å²) in [7, 11) is 1.16.